The molecule has 2 aromatic heterocycles. The van der Waals surface area contributed by atoms with Crippen molar-refractivity contribution in [3.8, 4) is 11.1 Å². The van der Waals surface area contributed by atoms with Crippen LogP contribution in [0.25, 0.3) is 11.1 Å². The summed E-state index contributed by atoms with van der Waals surface area (Å²) in [5, 5.41) is 13.2. The lowest BCUT2D eigenvalue weighted by Crippen LogP contribution is -2.56. The van der Waals surface area contributed by atoms with Gasteiger partial charge in [0, 0.05) is 29.2 Å². The Labute approximate surface area is 192 Å². The van der Waals surface area contributed by atoms with Crippen LogP contribution >= 0.6 is 0 Å². The molecule has 1 aliphatic heterocycles. The maximum Gasteiger partial charge on any atom is 0.433 e. The Hall–Kier alpha value is -3.37. The van der Waals surface area contributed by atoms with Crippen LogP contribution in [0.15, 0.2) is 54.9 Å². The van der Waals surface area contributed by atoms with E-state index in [-0.39, 0.29) is 30.2 Å². The number of aromatic nitrogens is 2. The highest BCUT2D eigenvalue weighted by Crippen LogP contribution is 2.37. The third kappa shape index (κ3) is 4.51. The van der Waals surface area contributed by atoms with Crippen LogP contribution in [0.2, 0.25) is 0 Å². The van der Waals surface area contributed by atoms with Crippen molar-refractivity contribution in [3.05, 3.63) is 77.6 Å². The van der Waals surface area contributed by atoms with E-state index >= 15 is 0 Å². The van der Waals surface area contributed by atoms with Gasteiger partial charge >= 0.3 is 6.18 Å². The second-order valence-electron chi connectivity index (χ2n) is 8.64. The summed E-state index contributed by atoms with van der Waals surface area (Å²) >= 11 is 0. The van der Waals surface area contributed by atoms with Crippen molar-refractivity contribution >= 4 is 11.6 Å². The molecule has 1 aliphatic rings. The molecule has 0 saturated carbocycles. The number of hydrogen-bond acceptors (Lipinski definition) is 5. The molecule has 4 rings (SSSR count). The molecular formula is C24H21F4N3O3. The molecule has 178 valence electrons. The number of alkyl halides is 3. The molecule has 2 N–H and O–H groups in total. The number of pyridine rings is 2. The van der Waals surface area contributed by atoms with Crippen molar-refractivity contribution in [3.63, 3.8) is 0 Å². The molecule has 0 unspecified atom stereocenters. The predicted octanol–water partition coefficient (Wildman–Crippen LogP) is 4.44. The van der Waals surface area contributed by atoms with Crippen LogP contribution in [-0.4, -0.2) is 34.2 Å². The average molecular weight is 475 g/mol. The molecule has 1 fully saturated rings. The number of rotatable bonds is 5. The number of nitrogens with zero attached hydrogens (tertiary/aromatic N) is 2. The number of nitrogens with one attached hydrogen (secondary N) is 1. The van der Waals surface area contributed by atoms with Gasteiger partial charge in [-0.05, 0) is 55.8 Å². The monoisotopic (exact) mass is 475 g/mol. The molecule has 0 radical (unpaired) electrons. The molecule has 3 heterocycles. The highest BCUT2D eigenvalue weighted by molar-refractivity contribution is 5.99. The highest BCUT2D eigenvalue weighted by Gasteiger charge is 2.49. The van der Waals surface area contributed by atoms with Gasteiger partial charge in [-0.15, -0.1) is 0 Å². The van der Waals surface area contributed by atoms with Gasteiger partial charge in [0.25, 0.3) is 0 Å². The van der Waals surface area contributed by atoms with Crippen molar-refractivity contribution in [2.75, 3.05) is 18.5 Å². The van der Waals surface area contributed by atoms with E-state index in [1.54, 1.807) is 12.1 Å². The van der Waals surface area contributed by atoms with E-state index < -0.39 is 28.7 Å². The molecule has 0 aliphatic carbocycles. The van der Waals surface area contributed by atoms with Crippen LogP contribution in [-0.2, 0) is 26.7 Å². The minimum absolute atomic E-state index is 0.0418. The Balaban J connectivity index is 1.65. The largest absolute Gasteiger partial charge is 0.433 e. The molecule has 0 spiro atoms. The van der Waals surface area contributed by atoms with Crippen molar-refractivity contribution in [2.24, 2.45) is 0 Å². The van der Waals surface area contributed by atoms with Crippen molar-refractivity contribution in [2.45, 2.75) is 31.0 Å². The van der Waals surface area contributed by atoms with Crippen LogP contribution < -0.4 is 5.32 Å². The zero-order valence-corrected chi connectivity index (χ0v) is 18.3. The molecule has 1 aromatic carbocycles. The first-order valence-corrected chi connectivity index (χ1v) is 10.3. The number of amides is 1. The van der Waals surface area contributed by atoms with Gasteiger partial charge in [-0.1, -0.05) is 6.07 Å². The van der Waals surface area contributed by atoms with Gasteiger partial charge in [-0.3, -0.25) is 14.8 Å². The number of benzene rings is 1. The van der Waals surface area contributed by atoms with Gasteiger partial charge in [0.2, 0.25) is 5.91 Å². The summed E-state index contributed by atoms with van der Waals surface area (Å²) in [6.07, 6.45) is -2.19. The first kappa shape index (κ1) is 23.8. The Morgan fingerprint density at radius 1 is 1.06 bits per heavy atom. The number of hydrogen-bond donors (Lipinski definition) is 2. The van der Waals surface area contributed by atoms with E-state index in [1.165, 1.54) is 44.3 Å². The molecular weight excluding hydrogens is 454 g/mol. The Morgan fingerprint density at radius 3 is 2.24 bits per heavy atom. The lowest BCUT2D eigenvalue weighted by molar-refractivity contribution is -0.141. The summed E-state index contributed by atoms with van der Waals surface area (Å²) in [5.41, 5.74) is -2.17. The van der Waals surface area contributed by atoms with E-state index in [9.17, 15) is 27.5 Å². The first-order valence-electron chi connectivity index (χ1n) is 10.3. The number of halogens is 4. The van der Waals surface area contributed by atoms with Gasteiger partial charge in [-0.2, -0.15) is 13.2 Å². The van der Waals surface area contributed by atoms with E-state index in [2.05, 4.69) is 15.3 Å². The smallest absolute Gasteiger partial charge is 0.386 e. The summed E-state index contributed by atoms with van der Waals surface area (Å²) in [7, 11) is 0. The van der Waals surface area contributed by atoms with Gasteiger partial charge < -0.3 is 15.2 Å². The lowest BCUT2D eigenvalue weighted by atomic mass is 9.80. The Bertz CT molecular complexity index is 1200. The summed E-state index contributed by atoms with van der Waals surface area (Å²) < 4.78 is 57.9. The topological polar surface area (TPSA) is 84.3 Å². The minimum Gasteiger partial charge on any atom is -0.386 e. The van der Waals surface area contributed by atoms with Crippen LogP contribution in [0.1, 0.15) is 30.8 Å². The normalized spacial score (nSPS) is 15.5. The highest BCUT2D eigenvalue weighted by atomic mass is 19.4. The van der Waals surface area contributed by atoms with Gasteiger partial charge in [0.15, 0.2) is 0 Å². The molecule has 1 amide bonds. The summed E-state index contributed by atoms with van der Waals surface area (Å²) in [6, 6.07) is 9.34. The maximum absolute atomic E-state index is 13.1. The van der Waals surface area contributed by atoms with E-state index in [0.717, 1.165) is 12.3 Å². The number of aliphatic hydroxyl groups is 1. The number of anilines is 1. The van der Waals surface area contributed by atoms with Gasteiger partial charge in [0.1, 0.15) is 16.9 Å². The molecule has 0 bridgehead atoms. The number of carbonyl (C=O) groups excluding carboxylic acids is 1. The number of carbonyl (C=O) groups is 1. The zero-order valence-electron chi connectivity index (χ0n) is 18.3. The van der Waals surface area contributed by atoms with Gasteiger partial charge in [0.05, 0.1) is 24.5 Å². The fourth-order valence-electron chi connectivity index (χ4n) is 3.67. The van der Waals surface area contributed by atoms with Crippen LogP contribution in [0.5, 0.6) is 0 Å². The molecule has 10 heteroatoms. The van der Waals surface area contributed by atoms with Crippen molar-refractivity contribution in [1.29, 1.82) is 0 Å². The molecule has 6 nitrogen and oxygen atoms in total. The zero-order chi connectivity index (χ0) is 24.7. The second-order valence-corrected chi connectivity index (χ2v) is 8.64. The SMILES string of the molecule is CC(C)(O)c1cc(C(F)(F)F)ncc1-c1ccc(C2(C(=O)Nc3ccc(F)cc3)COC2)nc1. The van der Waals surface area contributed by atoms with Crippen molar-refractivity contribution in [1.82, 2.24) is 9.97 Å². The summed E-state index contributed by atoms with van der Waals surface area (Å²) in [6.45, 7) is 2.94. The van der Waals surface area contributed by atoms with Gasteiger partial charge in [-0.25, -0.2) is 4.39 Å². The minimum atomic E-state index is -4.66. The Kier molecular flexibility index (Phi) is 5.91. The van der Waals surface area contributed by atoms with Crippen LogP contribution in [0.4, 0.5) is 23.2 Å². The standard InChI is InChI=1S/C24H21F4N3O3/c1-22(2,33)18-9-20(24(26,27)28)30-11-17(18)14-3-8-19(29-10-14)23(12-34-13-23)21(32)31-16-6-4-15(25)5-7-16/h3-11,33H,12-13H2,1-2H3,(H,31,32). The summed E-state index contributed by atoms with van der Waals surface area (Å²) in [5.74, 6) is -0.806. The van der Waals surface area contributed by atoms with E-state index in [1.807, 2.05) is 0 Å². The maximum atomic E-state index is 13.1. The predicted molar refractivity (Wildman–Crippen MR) is 115 cm³/mol. The molecule has 0 atom stereocenters. The second kappa shape index (κ2) is 8.44. The quantitative estimate of drug-likeness (QED) is 0.534. The molecule has 3 aromatic rings. The third-order valence-corrected chi connectivity index (χ3v) is 5.65. The van der Waals surface area contributed by atoms with Crippen molar-refractivity contribution < 1.29 is 32.2 Å². The van der Waals surface area contributed by atoms with E-state index in [4.69, 9.17) is 4.74 Å². The number of ether oxygens (including phenoxy) is 1. The molecule has 34 heavy (non-hydrogen) atoms. The fraction of sp³-hybridized carbons (Fsp3) is 0.292. The lowest BCUT2D eigenvalue weighted by Gasteiger charge is -2.39. The van der Waals surface area contributed by atoms with E-state index in [0.29, 0.717) is 16.9 Å². The average Bonchev–Trinajstić information content (AvgIpc) is 2.73. The first-order chi connectivity index (χ1) is 15.9. The summed E-state index contributed by atoms with van der Waals surface area (Å²) in [4.78, 5) is 20.9. The molecule has 1 saturated heterocycles. The third-order valence-electron chi connectivity index (χ3n) is 5.65. The fourth-order valence-corrected chi connectivity index (χ4v) is 3.67. The Morgan fingerprint density at radius 2 is 1.74 bits per heavy atom. The van der Waals surface area contributed by atoms with Crippen LogP contribution in [0, 0.1) is 5.82 Å². The van der Waals surface area contributed by atoms with Crippen LogP contribution in [0.3, 0.4) is 0 Å².